The van der Waals surface area contributed by atoms with E-state index in [1.807, 2.05) is 79.7 Å². The molecule has 1 unspecified atom stereocenters. The number of methoxy groups -OCH3 is 1. The number of carbonyl (C=O) groups excluding carboxylic acids is 1. The molecule has 0 aliphatic carbocycles. The van der Waals surface area contributed by atoms with Crippen LogP contribution in [0, 0.1) is 0 Å². The Kier molecular flexibility index (Phi) is 8.62. The third kappa shape index (κ3) is 6.11. The number of nitrogens with zero attached hydrogens (tertiary/aromatic N) is 3. The number of amides is 1. The molecule has 1 aromatic heterocycles. The number of ether oxygens (including phenoxy) is 2. The summed E-state index contributed by atoms with van der Waals surface area (Å²) in [4.78, 5) is 18.5. The molecule has 40 heavy (non-hydrogen) atoms. The van der Waals surface area contributed by atoms with E-state index in [1.54, 1.807) is 23.6 Å². The zero-order valence-electron chi connectivity index (χ0n) is 22.5. The SMILES string of the molecule is CCCSc1nc2n(n1)C(c1ccc(OCc3ccc(Cl)cc3)cc1)C(C(=O)Nc1ccccc1OC)=C(C)N2. The summed E-state index contributed by atoms with van der Waals surface area (Å²) in [5.74, 6) is 2.54. The van der Waals surface area contributed by atoms with E-state index in [0.29, 0.717) is 51.2 Å². The van der Waals surface area contributed by atoms with Crippen LogP contribution in [0.1, 0.15) is 37.4 Å². The third-order valence-corrected chi connectivity index (χ3v) is 7.68. The van der Waals surface area contributed by atoms with Crippen molar-refractivity contribution in [2.75, 3.05) is 23.5 Å². The molecule has 2 N–H and O–H groups in total. The molecule has 206 valence electrons. The van der Waals surface area contributed by atoms with Gasteiger partial charge in [0.05, 0.1) is 18.4 Å². The first-order valence-corrected chi connectivity index (χ1v) is 14.3. The summed E-state index contributed by atoms with van der Waals surface area (Å²) in [5.41, 5.74) is 3.72. The summed E-state index contributed by atoms with van der Waals surface area (Å²) < 4.78 is 13.2. The topological polar surface area (TPSA) is 90.3 Å². The molecule has 0 saturated carbocycles. The smallest absolute Gasteiger partial charge is 0.255 e. The van der Waals surface area contributed by atoms with E-state index in [-0.39, 0.29) is 5.91 Å². The summed E-state index contributed by atoms with van der Waals surface area (Å²) >= 11 is 7.58. The molecule has 0 fully saturated rings. The van der Waals surface area contributed by atoms with Crippen LogP contribution in [0.25, 0.3) is 0 Å². The Morgan fingerprint density at radius 1 is 1.10 bits per heavy atom. The quantitative estimate of drug-likeness (QED) is 0.198. The van der Waals surface area contributed by atoms with E-state index < -0.39 is 6.04 Å². The van der Waals surface area contributed by atoms with Crippen molar-refractivity contribution in [3.63, 3.8) is 0 Å². The molecule has 2 heterocycles. The van der Waals surface area contributed by atoms with Crippen LogP contribution in [0.4, 0.5) is 11.6 Å². The van der Waals surface area contributed by atoms with Gasteiger partial charge < -0.3 is 20.1 Å². The molecule has 1 aliphatic rings. The van der Waals surface area contributed by atoms with Crippen LogP contribution in [0.5, 0.6) is 11.5 Å². The fraction of sp³-hybridized carbons (Fsp3) is 0.233. The molecule has 1 amide bonds. The Bertz CT molecular complexity index is 1520. The average molecular weight is 576 g/mol. The van der Waals surface area contributed by atoms with Gasteiger partial charge in [-0.15, -0.1) is 5.10 Å². The summed E-state index contributed by atoms with van der Waals surface area (Å²) in [6.45, 7) is 4.41. The summed E-state index contributed by atoms with van der Waals surface area (Å²) in [6.07, 6.45) is 1.01. The van der Waals surface area contributed by atoms with Gasteiger partial charge in [0, 0.05) is 16.5 Å². The van der Waals surface area contributed by atoms with Gasteiger partial charge in [0.15, 0.2) is 0 Å². The minimum Gasteiger partial charge on any atom is -0.495 e. The lowest BCUT2D eigenvalue weighted by Gasteiger charge is -2.29. The number of allylic oxidation sites excluding steroid dienone is 1. The zero-order chi connectivity index (χ0) is 28.1. The lowest BCUT2D eigenvalue weighted by Crippen LogP contribution is -2.31. The second kappa shape index (κ2) is 12.5. The fourth-order valence-corrected chi connectivity index (χ4v) is 5.23. The summed E-state index contributed by atoms with van der Waals surface area (Å²) in [5, 5.41) is 12.4. The minimum absolute atomic E-state index is 0.258. The van der Waals surface area contributed by atoms with Crippen LogP contribution < -0.4 is 20.1 Å². The third-order valence-electron chi connectivity index (χ3n) is 6.38. The van der Waals surface area contributed by atoms with Gasteiger partial charge in [0.1, 0.15) is 24.1 Å². The standard InChI is InChI=1S/C30H30ClN5O3S/c1-4-17-40-30-34-29-32-19(2)26(28(37)33-24-7-5-6-8-25(24)38-3)27(36(29)35-30)21-11-15-23(16-12-21)39-18-20-9-13-22(31)14-10-20/h5-16,27H,4,17-18H2,1-3H3,(H,33,37)(H,32,34,35). The Morgan fingerprint density at radius 3 is 2.58 bits per heavy atom. The van der Waals surface area contributed by atoms with Gasteiger partial charge in [-0.05, 0) is 60.9 Å². The van der Waals surface area contributed by atoms with E-state index >= 15 is 0 Å². The van der Waals surface area contributed by atoms with Crippen molar-refractivity contribution < 1.29 is 14.3 Å². The van der Waals surface area contributed by atoms with Crippen molar-refractivity contribution in [3.05, 3.63) is 100 Å². The highest BCUT2D eigenvalue weighted by atomic mass is 35.5. The number of benzene rings is 3. The first-order chi connectivity index (χ1) is 19.5. The Hall–Kier alpha value is -3.95. The number of aromatic nitrogens is 3. The van der Waals surface area contributed by atoms with Crippen molar-refractivity contribution in [2.24, 2.45) is 0 Å². The van der Waals surface area contributed by atoms with Crippen LogP contribution >= 0.6 is 23.4 Å². The normalized spacial score (nSPS) is 14.3. The highest BCUT2D eigenvalue weighted by molar-refractivity contribution is 7.99. The monoisotopic (exact) mass is 575 g/mol. The van der Waals surface area contributed by atoms with E-state index in [0.717, 1.165) is 23.3 Å². The number of hydrogen-bond acceptors (Lipinski definition) is 7. The Morgan fingerprint density at radius 2 is 1.85 bits per heavy atom. The molecule has 10 heteroatoms. The van der Waals surface area contributed by atoms with Gasteiger partial charge in [-0.25, -0.2) is 4.68 Å². The van der Waals surface area contributed by atoms with Gasteiger partial charge in [0.2, 0.25) is 11.1 Å². The number of hydrogen-bond donors (Lipinski definition) is 2. The summed E-state index contributed by atoms with van der Waals surface area (Å²) in [6, 6.07) is 22.1. The van der Waals surface area contributed by atoms with Crippen molar-refractivity contribution >= 4 is 40.9 Å². The highest BCUT2D eigenvalue weighted by Crippen LogP contribution is 2.38. The average Bonchev–Trinajstić information content (AvgIpc) is 3.38. The molecule has 8 nitrogen and oxygen atoms in total. The van der Waals surface area contributed by atoms with Crippen LogP contribution in [0.15, 0.2) is 89.2 Å². The fourth-order valence-electron chi connectivity index (χ4n) is 4.42. The molecule has 1 aliphatic heterocycles. The van der Waals surface area contributed by atoms with Crippen molar-refractivity contribution in [1.82, 2.24) is 14.8 Å². The number of nitrogens with one attached hydrogen (secondary N) is 2. The second-order valence-corrected chi connectivity index (χ2v) is 10.7. The molecular weight excluding hydrogens is 546 g/mol. The number of anilines is 2. The van der Waals surface area contributed by atoms with E-state index in [2.05, 4.69) is 17.6 Å². The first-order valence-electron chi connectivity index (χ1n) is 13.0. The lowest BCUT2D eigenvalue weighted by molar-refractivity contribution is -0.113. The van der Waals surface area contributed by atoms with E-state index in [9.17, 15) is 4.79 Å². The van der Waals surface area contributed by atoms with Crippen LogP contribution in [-0.4, -0.2) is 33.5 Å². The zero-order valence-corrected chi connectivity index (χ0v) is 24.1. The predicted molar refractivity (Wildman–Crippen MR) is 159 cm³/mol. The molecule has 0 saturated heterocycles. The lowest BCUT2D eigenvalue weighted by atomic mass is 9.95. The number of rotatable bonds is 10. The molecule has 0 radical (unpaired) electrons. The molecule has 3 aromatic carbocycles. The van der Waals surface area contributed by atoms with Crippen molar-refractivity contribution in [1.29, 1.82) is 0 Å². The number of thioether (sulfide) groups is 1. The van der Waals surface area contributed by atoms with Gasteiger partial charge in [0.25, 0.3) is 5.91 Å². The van der Waals surface area contributed by atoms with E-state index in [4.69, 9.17) is 31.2 Å². The number of carbonyl (C=O) groups is 1. The van der Waals surface area contributed by atoms with Crippen LogP contribution in [0.2, 0.25) is 5.02 Å². The molecule has 0 bridgehead atoms. The van der Waals surface area contributed by atoms with Gasteiger partial charge in [-0.3, -0.25) is 4.79 Å². The maximum atomic E-state index is 13.8. The van der Waals surface area contributed by atoms with Crippen LogP contribution in [0.3, 0.4) is 0 Å². The summed E-state index contributed by atoms with van der Waals surface area (Å²) in [7, 11) is 1.58. The number of para-hydroxylation sites is 2. The predicted octanol–water partition coefficient (Wildman–Crippen LogP) is 6.95. The molecular formula is C30H30ClN5O3S. The number of fused-ring (bicyclic) bond motifs is 1. The maximum absolute atomic E-state index is 13.8. The van der Waals surface area contributed by atoms with E-state index in [1.165, 1.54) is 0 Å². The maximum Gasteiger partial charge on any atom is 0.255 e. The second-order valence-electron chi connectivity index (χ2n) is 9.22. The molecule has 0 spiro atoms. The highest BCUT2D eigenvalue weighted by Gasteiger charge is 2.34. The van der Waals surface area contributed by atoms with Gasteiger partial charge in [-0.1, -0.05) is 66.7 Å². The molecule has 4 aromatic rings. The van der Waals surface area contributed by atoms with Crippen molar-refractivity contribution in [3.8, 4) is 11.5 Å². The molecule has 5 rings (SSSR count). The Balaban J connectivity index is 1.45. The van der Waals surface area contributed by atoms with Gasteiger partial charge >= 0.3 is 0 Å². The first kappa shape index (κ1) is 27.6. The van der Waals surface area contributed by atoms with Gasteiger partial charge in [-0.2, -0.15) is 4.98 Å². The molecule has 1 atom stereocenters. The van der Waals surface area contributed by atoms with Crippen LogP contribution in [-0.2, 0) is 11.4 Å². The van der Waals surface area contributed by atoms with Crippen molar-refractivity contribution in [2.45, 2.75) is 38.1 Å². The minimum atomic E-state index is -0.500. The largest absolute Gasteiger partial charge is 0.495 e. The number of halogens is 1. The Labute approximate surface area is 242 Å².